The Balaban J connectivity index is 1.42. The number of halogens is 1. The molecule has 1 aliphatic carbocycles. The monoisotopic (exact) mass is 291 g/mol. The van der Waals surface area contributed by atoms with E-state index in [1.54, 1.807) is 12.1 Å². The van der Waals surface area contributed by atoms with Crippen LogP contribution in [0.25, 0.3) is 0 Å². The highest BCUT2D eigenvalue weighted by molar-refractivity contribution is 5.78. The van der Waals surface area contributed by atoms with E-state index in [4.69, 9.17) is 10.5 Å². The van der Waals surface area contributed by atoms with E-state index in [-0.39, 0.29) is 11.9 Å². The molecule has 2 fully saturated rings. The fraction of sp³-hybridized carbons (Fsp3) is 0.562. The van der Waals surface area contributed by atoms with E-state index in [1.165, 1.54) is 6.07 Å². The quantitative estimate of drug-likeness (QED) is 0.660. The molecule has 3 N–H and O–H groups in total. The van der Waals surface area contributed by atoms with Crippen molar-refractivity contribution in [2.24, 2.45) is 10.7 Å². The second kappa shape index (κ2) is 6.43. The fourth-order valence-electron chi connectivity index (χ4n) is 3.01. The SMILES string of the molecule is NC(=NCC1CCCO1)NC1CC(c2cccc(F)c2)C1. The first kappa shape index (κ1) is 14.3. The van der Waals surface area contributed by atoms with Crippen molar-refractivity contribution in [1.29, 1.82) is 0 Å². The van der Waals surface area contributed by atoms with E-state index in [1.807, 2.05) is 6.07 Å². The molecule has 1 aliphatic heterocycles. The molecule has 3 rings (SSSR count). The largest absolute Gasteiger partial charge is 0.376 e. The van der Waals surface area contributed by atoms with E-state index in [0.717, 1.165) is 37.9 Å². The van der Waals surface area contributed by atoms with Crippen LogP contribution in [0.1, 0.15) is 37.2 Å². The highest BCUT2D eigenvalue weighted by atomic mass is 19.1. The topological polar surface area (TPSA) is 59.6 Å². The van der Waals surface area contributed by atoms with E-state index >= 15 is 0 Å². The van der Waals surface area contributed by atoms with Gasteiger partial charge < -0.3 is 15.8 Å². The molecule has 1 saturated heterocycles. The van der Waals surface area contributed by atoms with Gasteiger partial charge in [-0.05, 0) is 49.3 Å². The number of aliphatic imine (C=N–C) groups is 1. The summed E-state index contributed by atoms with van der Waals surface area (Å²) in [6, 6.07) is 7.19. The van der Waals surface area contributed by atoms with Gasteiger partial charge in [0.05, 0.1) is 12.6 Å². The average molecular weight is 291 g/mol. The van der Waals surface area contributed by atoms with Crippen LogP contribution in [-0.4, -0.2) is 31.3 Å². The van der Waals surface area contributed by atoms with E-state index in [2.05, 4.69) is 10.3 Å². The number of nitrogens with zero attached hydrogens (tertiary/aromatic N) is 1. The standard InChI is InChI=1S/C16H22FN3O/c17-13-4-1-3-11(7-13)12-8-14(9-12)20-16(18)19-10-15-5-2-6-21-15/h1,3-4,7,12,14-15H,2,5-6,8-10H2,(H3,18,19,20). The Morgan fingerprint density at radius 1 is 1.43 bits per heavy atom. The molecule has 21 heavy (non-hydrogen) atoms. The smallest absolute Gasteiger partial charge is 0.188 e. The zero-order valence-corrected chi connectivity index (χ0v) is 12.1. The number of guanidine groups is 1. The minimum Gasteiger partial charge on any atom is -0.376 e. The molecule has 0 aromatic heterocycles. The lowest BCUT2D eigenvalue weighted by Crippen LogP contribution is -2.46. The van der Waals surface area contributed by atoms with Gasteiger partial charge in [-0.2, -0.15) is 0 Å². The highest BCUT2D eigenvalue weighted by Gasteiger charge is 2.30. The first-order valence-electron chi connectivity index (χ1n) is 7.64. The van der Waals surface area contributed by atoms with Crippen LogP contribution in [0.5, 0.6) is 0 Å². The Bertz CT molecular complexity index is 508. The zero-order chi connectivity index (χ0) is 14.7. The van der Waals surface area contributed by atoms with Gasteiger partial charge in [-0.3, -0.25) is 4.99 Å². The second-order valence-corrected chi connectivity index (χ2v) is 5.93. The van der Waals surface area contributed by atoms with Crippen molar-refractivity contribution in [3.05, 3.63) is 35.6 Å². The average Bonchev–Trinajstić information content (AvgIpc) is 2.93. The third-order valence-electron chi connectivity index (χ3n) is 4.30. The van der Waals surface area contributed by atoms with Gasteiger partial charge in [0, 0.05) is 12.6 Å². The molecule has 0 bridgehead atoms. The molecular weight excluding hydrogens is 269 g/mol. The number of nitrogens with two attached hydrogens (primary N) is 1. The lowest BCUT2D eigenvalue weighted by molar-refractivity contribution is 0.117. The van der Waals surface area contributed by atoms with Gasteiger partial charge in [0.1, 0.15) is 5.82 Å². The summed E-state index contributed by atoms with van der Waals surface area (Å²) < 4.78 is 18.7. The van der Waals surface area contributed by atoms with E-state index in [0.29, 0.717) is 24.5 Å². The minimum atomic E-state index is -0.165. The van der Waals surface area contributed by atoms with Crippen LogP contribution < -0.4 is 11.1 Å². The summed E-state index contributed by atoms with van der Waals surface area (Å²) in [4.78, 5) is 4.34. The summed E-state index contributed by atoms with van der Waals surface area (Å²) in [6.07, 6.45) is 4.36. The molecule has 0 radical (unpaired) electrons. The van der Waals surface area contributed by atoms with Gasteiger partial charge in [-0.1, -0.05) is 12.1 Å². The van der Waals surface area contributed by atoms with E-state index in [9.17, 15) is 4.39 Å². The molecule has 0 amide bonds. The third kappa shape index (κ3) is 3.73. The van der Waals surface area contributed by atoms with Crippen LogP contribution in [0.15, 0.2) is 29.3 Å². The van der Waals surface area contributed by atoms with Gasteiger partial charge in [-0.25, -0.2) is 4.39 Å². The maximum absolute atomic E-state index is 13.2. The number of ether oxygens (including phenoxy) is 1. The van der Waals surface area contributed by atoms with Gasteiger partial charge in [-0.15, -0.1) is 0 Å². The second-order valence-electron chi connectivity index (χ2n) is 5.93. The van der Waals surface area contributed by atoms with Crippen molar-refractivity contribution >= 4 is 5.96 Å². The van der Waals surface area contributed by atoms with Crippen LogP contribution in [0.4, 0.5) is 4.39 Å². The molecule has 0 spiro atoms. The number of hydrogen-bond acceptors (Lipinski definition) is 2. The lowest BCUT2D eigenvalue weighted by atomic mass is 9.76. The molecule has 1 saturated carbocycles. The van der Waals surface area contributed by atoms with Gasteiger partial charge in [0.15, 0.2) is 5.96 Å². The first-order chi connectivity index (χ1) is 10.2. The fourth-order valence-corrected chi connectivity index (χ4v) is 3.01. The molecule has 1 aromatic carbocycles. The predicted molar refractivity (Wildman–Crippen MR) is 80.8 cm³/mol. The third-order valence-corrected chi connectivity index (χ3v) is 4.30. The molecular formula is C16H22FN3O. The van der Waals surface area contributed by atoms with Crippen molar-refractivity contribution in [1.82, 2.24) is 5.32 Å². The molecule has 1 unspecified atom stereocenters. The summed E-state index contributed by atoms with van der Waals surface area (Å²) >= 11 is 0. The summed E-state index contributed by atoms with van der Waals surface area (Å²) in [5.41, 5.74) is 6.97. The Morgan fingerprint density at radius 2 is 2.29 bits per heavy atom. The number of nitrogens with one attached hydrogen (secondary N) is 1. The van der Waals surface area contributed by atoms with Crippen LogP contribution in [-0.2, 0) is 4.74 Å². The van der Waals surface area contributed by atoms with Crippen molar-refractivity contribution in [2.75, 3.05) is 13.2 Å². The zero-order valence-electron chi connectivity index (χ0n) is 12.1. The molecule has 4 nitrogen and oxygen atoms in total. The van der Waals surface area contributed by atoms with Crippen LogP contribution in [0, 0.1) is 5.82 Å². The molecule has 1 atom stereocenters. The molecule has 1 aromatic rings. The summed E-state index contributed by atoms with van der Waals surface area (Å²) in [7, 11) is 0. The van der Waals surface area contributed by atoms with Gasteiger partial charge in [0.25, 0.3) is 0 Å². The Morgan fingerprint density at radius 3 is 3.00 bits per heavy atom. The Labute approximate surface area is 124 Å². The van der Waals surface area contributed by atoms with Crippen molar-refractivity contribution < 1.29 is 9.13 Å². The predicted octanol–water partition coefficient (Wildman–Crippen LogP) is 2.15. The van der Waals surface area contributed by atoms with Gasteiger partial charge >= 0.3 is 0 Å². The minimum absolute atomic E-state index is 0.165. The number of rotatable bonds is 4. The summed E-state index contributed by atoms with van der Waals surface area (Å²) in [6.45, 7) is 1.48. The number of hydrogen-bond donors (Lipinski definition) is 2. The van der Waals surface area contributed by atoms with Crippen molar-refractivity contribution in [3.63, 3.8) is 0 Å². The Hall–Kier alpha value is -1.62. The van der Waals surface area contributed by atoms with Crippen molar-refractivity contribution in [3.8, 4) is 0 Å². The van der Waals surface area contributed by atoms with E-state index < -0.39 is 0 Å². The van der Waals surface area contributed by atoms with Gasteiger partial charge in [0.2, 0.25) is 0 Å². The van der Waals surface area contributed by atoms with Crippen LogP contribution >= 0.6 is 0 Å². The molecule has 1 heterocycles. The van der Waals surface area contributed by atoms with Crippen LogP contribution in [0.2, 0.25) is 0 Å². The maximum atomic E-state index is 13.2. The summed E-state index contributed by atoms with van der Waals surface area (Å²) in [5, 5.41) is 3.23. The number of benzene rings is 1. The highest BCUT2D eigenvalue weighted by Crippen LogP contribution is 2.36. The van der Waals surface area contributed by atoms with Crippen LogP contribution in [0.3, 0.4) is 0 Å². The van der Waals surface area contributed by atoms with Crippen molar-refractivity contribution in [2.45, 2.75) is 43.7 Å². The Kier molecular flexibility index (Phi) is 4.39. The first-order valence-corrected chi connectivity index (χ1v) is 7.64. The maximum Gasteiger partial charge on any atom is 0.188 e. The summed E-state index contributed by atoms with van der Waals surface area (Å²) in [5.74, 6) is 0.749. The molecule has 2 aliphatic rings. The molecule has 5 heteroatoms. The molecule has 114 valence electrons. The normalized spacial score (nSPS) is 29.2. The lowest BCUT2D eigenvalue weighted by Gasteiger charge is -2.36.